The standard InChI is InChI=1S/C23H15ClF3N3O2/c24-17-7-4-8-18(32-13-14-5-2-1-3-6-14)19(17)21-28-20(29-22(31)30-21)15-9-11-16(12-10-15)23(25,26)27/h1-12H,13H2,(H,28,29,30,31). The van der Waals surface area contributed by atoms with E-state index in [0.717, 1.165) is 17.7 Å². The van der Waals surface area contributed by atoms with Crippen LogP contribution in [0.25, 0.3) is 22.8 Å². The Morgan fingerprint density at radius 1 is 0.812 bits per heavy atom. The second kappa shape index (κ2) is 8.84. The van der Waals surface area contributed by atoms with E-state index in [1.54, 1.807) is 18.2 Å². The van der Waals surface area contributed by atoms with Crippen LogP contribution in [0.15, 0.2) is 72.8 Å². The van der Waals surface area contributed by atoms with Gasteiger partial charge in [0.2, 0.25) is 0 Å². The van der Waals surface area contributed by atoms with Crippen molar-refractivity contribution in [2.45, 2.75) is 12.8 Å². The summed E-state index contributed by atoms with van der Waals surface area (Å²) in [4.78, 5) is 12.1. The van der Waals surface area contributed by atoms with Crippen LogP contribution in [0.2, 0.25) is 5.02 Å². The number of aromatic nitrogens is 3. The molecule has 4 aromatic rings. The second-order valence-electron chi connectivity index (χ2n) is 6.74. The van der Waals surface area contributed by atoms with Gasteiger partial charge in [0.25, 0.3) is 0 Å². The molecule has 0 spiro atoms. The Morgan fingerprint density at radius 2 is 1.50 bits per heavy atom. The number of hydrogen-bond acceptors (Lipinski definition) is 5. The molecule has 3 aromatic carbocycles. The highest BCUT2D eigenvalue weighted by Gasteiger charge is 2.30. The van der Waals surface area contributed by atoms with Crippen LogP contribution in [0.4, 0.5) is 13.2 Å². The van der Waals surface area contributed by atoms with Crippen LogP contribution in [0.1, 0.15) is 11.1 Å². The molecule has 0 fully saturated rings. The fraction of sp³-hybridized carbons (Fsp3) is 0.0870. The van der Waals surface area contributed by atoms with Crippen molar-refractivity contribution >= 4 is 11.6 Å². The summed E-state index contributed by atoms with van der Waals surface area (Å²) in [6.45, 7) is 0.261. The molecule has 1 N–H and O–H groups in total. The molecule has 0 saturated carbocycles. The lowest BCUT2D eigenvalue weighted by Crippen LogP contribution is -2.04. The zero-order valence-electron chi connectivity index (χ0n) is 16.3. The molecule has 0 saturated heterocycles. The van der Waals surface area contributed by atoms with Crippen molar-refractivity contribution in [1.82, 2.24) is 15.0 Å². The summed E-state index contributed by atoms with van der Waals surface area (Å²) in [5, 5.41) is 10.3. The van der Waals surface area contributed by atoms with Crippen molar-refractivity contribution < 1.29 is 23.0 Å². The summed E-state index contributed by atoms with van der Waals surface area (Å²) < 4.78 is 44.4. The minimum absolute atomic E-state index is 0.00449. The first kappa shape index (κ1) is 21.6. The summed E-state index contributed by atoms with van der Waals surface area (Å²) in [5.41, 5.74) is 0.733. The number of alkyl halides is 3. The van der Waals surface area contributed by atoms with E-state index in [9.17, 15) is 18.3 Å². The molecule has 5 nitrogen and oxygen atoms in total. The number of halogens is 4. The summed E-state index contributed by atoms with van der Waals surface area (Å²) >= 11 is 6.38. The Balaban J connectivity index is 1.71. The molecule has 1 heterocycles. The predicted octanol–water partition coefficient (Wildman–Crippen LogP) is 6.16. The molecule has 0 radical (unpaired) electrons. The molecule has 1 aromatic heterocycles. The minimum Gasteiger partial charge on any atom is -0.488 e. The molecule has 0 aliphatic rings. The quantitative estimate of drug-likeness (QED) is 0.388. The van der Waals surface area contributed by atoms with Gasteiger partial charge in [0.15, 0.2) is 11.6 Å². The molecule has 0 atom stereocenters. The lowest BCUT2D eigenvalue weighted by Gasteiger charge is -2.13. The number of benzene rings is 3. The van der Waals surface area contributed by atoms with Crippen molar-refractivity contribution in [2.24, 2.45) is 0 Å². The Kier molecular flexibility index (Phi) is 5.96. The molecule has 32 heavy (non-hydrogen) atoms. The SMILES string of the molecule is Oc1nc(-c2ccc(C(F)(F)F)cc2)nc(-c2c(Cl)cccc2OCc2ccccc2)n1. The first-order chi connectivity index (χ1) is 15.3. The van der Waals surface area contributed by atoms with Gasteiger partial charge in [-0.25, -0.2) is 4.98 Å². The first-order valence-electron chi connectivity index (χ1n) is 9.39. The van der Waals surface area contributed by atoms with E-state index in [4.69, 9.17) is 16.3 Å². The van der Waals surface area contributed by atoms with E-state index >= 15 is 0 Å². The third-order valence-electron chi connectivity index (χ3n) is 4.53. The van der Waals surface area contributed by atoms with Crippen LogP contribution >= 0.6 is 11.6 Å². The fourth-order valence-electron chi connectivity index (χ4n) is 2.99. The van der Waals surface area contributed by atoms with Gasteiger partial charge in [-0.15, -0.1) is 0 Å². The Morgan fingerprint density at radius 3 is 2.19 bits per heavy atom. The predicted molar refractivity (Wildman–Crippen MR) is 113 cm³/mol. The van der Waals surface area contributed by atoms with Crippen molar-refractivity contribution in [3.8, 4) is 34.5 Å². The van der Waals surface area contributed by atoms with Crippen LogP contribution in [0.3, 0.4) is 0 Å². The lowest BCUT2D eigenvalue weighted by atomic mass is 10.1. The largest absolute Gasteiger partial charge is 0.488 e. The van der Waals surface area contributed by atoms with Gasteiger partial charge in [-0.05, 0) is 29.8 Å². The summed E-state index contributed by atoms with van der Waals surface area (Å²) in [7, 11) is 0. The molecule has 0 bridgehead atoms. The number of rotatable bonds is 5. The smallest absolute Gasteiger partial charge is 0.416 e. The van der Waals surface area contributed by atoms with Gasteiger partial charge in [0.05, 0.1) is 16.1 Å². The molecular formula is C23H15ClF3N3O2. The summed E-state index contributed by atoms with van der Waals surface area (Å²) in [5.74, 6) is 0.404. The number of nitrogens with zero attached hydrogens (tertiary/aromatic N) is 3. The summed E-state index contributed by atoms with van der Waals surface area (Å²) in [6, 6.07) is 18.2. The number of hydrogen-bond donors (Lipinski definition) is 1. The second-order valence-corrected chi connectivity index (χ2v) is 7.15. The summed E-state index contributed by atoms with van der Waals surface area (Å²) in [6.07, 6.45) is -4.46. The minimum atomic E-state index is -4.46. The normalized spacial score (nSPS) is 11.4. The Bertz CT molecular complexity index is 1230. The van der Waals surface area contributed by atoms with Gasteiger partial charge in [-0.3, -0.25) is 0 Å². The van der Waals surface area contributed by atoms with Gasteiger partial charge >= 0.3 is 12.2 Å². The van der Waals surface area contributed by atoms with E-state index in [2.05, 4.69) is 15.0 Å². The van der Waals surface area contributed by atoms with Crippen LogP contribution in [0, 0.1) is 0 Å². The maximum atomic E-state index is 12.8. The fourth-order valence-corrected chi connectivity index (χ4v) is 3.24. The highest BCUT2D eigenvalue weighted by Crippen LogP contribution is 2.36. The third-order valence-corrected chi connectivity index (χ3v) is 4.85. The number of ether oxygens (including phenoxy) is 1. The first-order valence-corrected chi connectivity index (χ1v) is 9.77. The van der Waals surface area contributed by atoms with Crippen LogP contribution in [-0.4, -0.2) is 20.1 Å². The van der Waals surface area contributed by atoms with Gasteiger partial charge in [-0.1, -0.05) is 60.1 Å². The van der Waals surface area contributed by atoms with E-state index < -0.39 is 17.8 Å². The highest BCUT2D eigenvalue weighted by molar-refractivity contribution is 6.33. The molecule has 9 heteroatoms. The lowest BCUT2D eigenvalue weighted by molar-refractivity contribution is -0.137. The average Bonchev–Trinajstić information content (AvgIpc) is 2.77. The maximum Gasteiger partial charge on any atom is 0.416 e. The topological polar surface area (TPSA) is 68.1 Å². The molecule has 0 unspecified atom stereocenters. The average molecular weight is 458 g/mol. The zero-order valence-corrected chi connectivity index (χ0v) is 17.1. The monoisotopic (exact) mass is 457 g/mol. The van der Waals surface area contributed by atoms with Crippen LogP contribution in [0.5, 0.6) is 11.8 Å². The van der Waals surface area contributed by atoms with Crippen molar-refractivity contribution in [3.05, 3.63) is 88.9 Å². The zero-order chi connectivity index (χ0) is 22.7. The van der Waals surface area contributed by atoms with E-state index in [-0.39, 0.29) is 28.8 Å². The molecule has 162 valence electrons. The molecular weight excluding hydrogens is 443 g/mol. The highest BCUT2D eigenvalue weighted by atomic mass is 35.5. The van der Waals surface area contributed by atoms with E-state index in [0.29, 0.717) is 11.3 Å². The van der Waals surface area contributed by atoms with Gasteiger partial charge in [-0.2, -0.15) is 23.1 Å². The number of aromatic hydroxyl groups is 1. The van der Waals surface area contributed by atoms with Gasteiger partial charge < -0.3 is 9.84 Å². The van der Waals surface area contributed by atoms with Gasteiger partial charge in [0.1, 0.15) is 12.4 Å². The van der Waals surface area contributed by atoms with Crippen molar-refractivity contribution in [3.63, 3.8) is 0 Å². The van der Waals surface area contributed by atoms with Crippen molar-refractivity contribution in [1.29, 1.82) is 0 Å². The maximum absolute atomic E-state index is 12.8. The van der Waals surface area contributed by atoms with Crippen LogP contribution < -0.4 is 4.74 Å². The molecule has 0 aliphatic carbocycles. The third kappa shape index (κ3) is 4.81. The van der Waals surface area contributed by atoms with E-state index in [1.807, 2.05) is 30.3 Å². The Labute approximate surface area is 186 Å². The van der Waals surface area contributed by atoms with Crippen LogP contribution in [-0.2, 0) is 12.8 Å². The van der Waals surface area contributed by atoms with E-state index in [1.165, 1.54) is 12.1 Å². The van der Waals surface area contributed by atoms with Crippen molar-refractivity contribution in [2.75, 3.05) is 0 Å². The molecule has 4 rings (SSSR count). The van der Waals surface area contributed by atoms with Gasteiger partial charge in [0, 0.05) is 5.56 Å². The molecule has 0 amide bonds. The Hall–Kier alpha value is -3.65. The molecule has 0 aliphatic heterocycles.